The molecule has 0 saturated carbocycles. The van der Waals surface area contributed by atoms with Crippen molar-refractivity contribution in [1.82, 2.24) is 29.6 Å². The van der Waals surface area contributed by atoms with E-state index < -0.39 is 5.69 Å². The van der Waals surface area contributed by atoms with Crippen LogP contribution in [0.25, 0.3) is 22.3 Å². The smallest absolute Gasteiger partial charge is 0.350 e. The van der Waals surface area contributed by atoms with E-state index in [2.05, 4.69) is 25.5 Å². The van der Waals surface area contributed by atoms with Crippen LogP contribution in [-0.2, 0) is 16.1 Å². The highest BCUT2D eigenvalue weighted by Crippen LogP contribution is 2.23. The molecule has 1 amide bonds. The maximum absolute atomic E-state index is 12.7. The van der Waals surface area contributed by atoms with E-state index in [-0.39, 0.29) is 18.3 Å². The Morgan fingerprint density at radius 3 is 2.71 bits per heavy atom. The number of nitrogens with zero attached hydrogens (tertiary/aromatic N) is 6. The number of anilines is 1. The first-order valence-electron chi connectivity index (χ1n) is 9.75. The van der Waals surface area contributed by atoms with Gasteiger partial charge in [0.05, 0.1) is 38.0 Å². The van der Waals surface area contributed by atoms with Crippen LogP contribution in [0, 0.1) is 0 Å². The van der Waals surface area contributed by atoms with Crippen molar-refractivity contribution in [3.63, 3.8) is 0 Å². The molecule has 0 unspecified atom stereocenters. The highest BCUT2D eigenvalue weighted by atomic mass is 16.5. The highest BCUT2D eigenvalue weighted by molar-refractivity contribution is 5.89. The Morgan fingerprint density at radius 2 is 2.06 bits per heavy atom. The average Bonchev–Trinajstić information content (AvgIpc) is 2.78. The number of methoxy groups -OCH3 is 1. The molecule has 0 bridgehead atoms. The molecule has 1 N–H and O–H groups in total. The van der Waals surface area contributed by atoms with E-state index in [0.29, 0.717) is 47.9 Å². The maximum Gasteiger partial charge on any atom is 0.350 e. The Balaban J connectivity index is 2.07. The molecule has 3 aromatic rings. The fourth-order valence-corrected chi connectivity index (χ4v) is 2.82. The van der Waals surface area contributed by atoms with Crippen LogP contribution < -0.4 is 15.7 Å². The number of amides is 1. The number of pyridine rings is 1. The molecule has 11 nitrogen and oxygen atoms in total. The molecule has 3 heterocycles. The summed E-state index contributed by atoms with van der Waals surface area (Å²) < 4.78 is 12.0. The summed E-state index contributed by atoms with van der Waals surface area (Å²) in [6.45, 7) is 3.05. The van der Waals surface area contributed by atoms with Gasteiger partial charge in [-0.3, -0.25) is 9.36 Å². The number of nitrogens with one attached hydrogen (secondary N) is 1. The molecule has 164 valence electrons. The second-order valence-electron chi connectivity index (χ2n) is 6.79. The van der Waals surface area contributed by atoms with Crippen molar-refractivity contribution in [2.75, 3.05) is 46.3 Å². The number of hydrogen-bond acceptors (Lipinski definition) is 9. The zero-order chi connectivity index (χ0) is 22.4. The second kappa shape index (κ2) is 9.94. The topological polar surface area (TPSA) is 124 Å². The summed E-state index contributed by atoms with van der Waals surface area (Å²) in [4.78, 5) is 34.4. The molecule has 0 saturated heterocycles. The molecule has 0 aliphatic rings. The standard InChI is InChI=1S/C20H25N7O4/c1-5-31-9-8-27-15-10-14(13-6-7-16(30-4)21-11-13)24-25-18(15)19(23-20(27)29)22-12-17(28)26(2)3/h6-7,10-11H,5,8-9,12H2,1-4H3,(H,22,23,29). The molecule has 11 heteroatoms. The molecule has 31 heavy (non-hydrogen) atoms. The zero-order valence-corrected chi connectivity index (χ0v) is 18.0. The van der Waals surface area contributed by atoms with E-state index in [1.54, 1.807) is 38.5 Å². The van der Waals surface area contributed by atoms with Crippen molar-refractivity contribution in [2.24, 2.45) is 0 Å². The SMILES string of the molecule is CCOCCn1c(=O)nc(NCC(=O)N(C)C)c2nnc(-c3ccc(OC)nc3)cc21. The van der Waals surface area contributed by atoms with Gasteiger partial charge in [-0.05, 0) is 19.1 Å². The van der Waals surface area contributed by atoms with Gasteiger partial charge in [-0.2, -0.15) is 4.98 Å². The molecule has 0 atom stereocenters. The van der Waals surface area contributed by atoms with Crippen LogP contribution in [-0.4, -0.2) is 76.5 Å². The summed E-state index contributed by atoms with van der Waals surface area (Å²) in [6, 6.07) is 5.27. The maximum atomic E-state index is 12.7. The predicted molar refractivity (Wildman–Crippen MR) is 115 cm³/mol. The van der Waals surface area contributed by atoms with Crippen LogP contribution in [0.1, 0.15) is 6.92 Å². The fraction of sp³-hybridized carbons (Fsp3) is 0.400. The number of hydrogen-bond donors (Lipinski definition) is 1. The van der Waals surface area contributed by atoms with Crippen LogP contribution >= 0.6 is 0 Å². The molecule has 0 aromatic carbocycles. The van der Waals surface area contributed by atoms with E-state index in [4.69, 9.17) is 9.47 Å². The lowest BCUT2D eigenvalue weighted by atomic mass is 10.2. The first kappa shape index (κ1) is 22.1. The van der Waals surface area contributed by atoms with E-state index in [0.717, 1.165) is 0 Å². The van der Waals surface area contributed by atoms with Gasteiger partial charge >= 0.3 is 5.69 Å². The molecule has 0 fully saturated rings. The minimum Gasteiger partial charge on any atom is -0.481 e. The van der Waals surface area contributed by atoms with Gasteiger partial charge in [-0.15, -0.1) is 10.2 Å². The van der Waals surface area contributed by atoms with Crippen LogP contribution in [0.3, 0.4) is 0 Å². The number of ether oxygens (including phenoxy) is 2. The Bertz CT molecular complexity index is 1110. The van der Waals surface area contributed by atoms with Gasteiger partial charge < -0.3 is 19.7 Å². The lowest BCUT2D eigenvalue weighted by molar-refractivity contribution is -0.126. The predicted octanol–water partition coefficient (Wildman–Crippen LogP) is 0.794. The molecule has 3 rings (SSSR count). The fourth-order valence-electron chi connectivity index (χ4n) is 2.82. The van der Waals surface area contributed by atoms with Crippen LogP contribution in [0.5, 0.6) is 5.88 Å². The Hall–Kier alpha value is -3.60. The van der Waals surface area contributed by atoms with Crippen LogP contribution in [0.4, 0.5) is 5.82 Å². The van der Waals surface area contributed by atoms with Crippen molar-refractivity contribution in [3.05, 3.63) is 34.9 Å². The van der Waals surface area contributed by atoms with Gasteiger partial charge in [0.1, 0.15) is 0 Å². The van der Waals surface area contributed by atoms with Gasteiger partial charge in [0, 0.05) is 38.5 Å². The zero-order valence-electron chi connectivity index (χ0n) is 18.0. The molecule has 0 spiro atoms. The second-order valence-corrected chi connectivity index (χ2v) is 6.79. The average molecular weight is 427 g/mol. The summed E-state index contributed by atoms with van der Waals surface area (Å²) in [6.07, 6.45) is 1.62. The minimum absolute atomic E-state index is 0.0245. The van der Waals surface area contributed by atoms with Gasteiger partial charge in [0.2, 0.25) is 11.8 Å². The summed E-state index contributed by atoms with van der Waals surface area (Å²) in [5.74, 6) is 0.520. The highest BCUT2D eigenvalue weighted by Gasteiger charge is 2.16. The number of likely N-dealkylation sites (N-methyl/N-ethyl adjacent to an activating group) is 1. The van der Waals surface area contributed by atoms with Crippen LogP contribution in [0.2, 0.25) is 0 Å². The molecular formula is C20H25N7O4. The number of fused-ring (bicyclic) bond motifs is 1. The first-order valence-corrected chi connectivity index (χ1v) is 9.75. The van der Waals surface area contributed by atoms with Crippen molar-refractivity contribution in [2.45, 2.75) is 13.5 Å². The largest absolute Gasteiger partial charge is 0.481 e. The number of aromatic nitrogens is 5. The molecule has 0 radical (unpaired) electrons. The summed E-state index contributed by atoms with van der Waals surface area (Å²) in [5, 5.41) is 11.5. The third kappa shape index (κ3) is 5.12. The number of carbonyl (C=O) groups excluding carboxylic acids is 1. The van der Waals surface area contributed by atoms with E-state index in [9.17, 15) is 9.59 Å². The van der Waals surface area contributed by atoms with E-state index >= 15 is 0 Å². The van der Waals surface area contributed by atoms with Gasteiger partial charge in [-0.1, -0.05) is 0 Å². The third-order valence-corrected chi connectivity index (χ3v) is 4.54. The lowest BCUT2D eigenvalue weighted by Crippen LogP contribution is -2.31. The normalized spacial score (nSPS) is 10.8. The molecule has 3 aromatic heterocycles. The van der Waals surface area contributed by atoms with Gasteiger partial charge in [0.25, 0.3) is 0 Å². The van der Waals surface area contributed by atoms with Crippen molar-refractivity contribution >= 4 is 22.8 Å². The minimum atomic E-state index is -0.473. The first-order chi connectivity index (χ1) is 14.9. The molecule has 0 aliphatic carbocycles. The van der Waals surface area contributed by atoms with Crippen molar-refractivity contribution < 1.29 is 14.3 Å². The molecule has 0 aliphatic heterocycles. The van der Waals surface area contributed by atoms with Gasteiger partial charge in [-0.25, -0.2) is 9.78 Å². The Kier molecular flexibility index (Phi) is 7.08. The third-order valence-electron chi connectivity index (χ3n) is 4.54. The lowest BCUT2D eigenvalue weighted by Gasteiger charge is -2.15. The Morgan fingerprint density at radius 1 is 1.26 bits per heavy atom. The summed E-state index contributed by atoms with van der Waals surface area (Å²) >= 11 is 0. The van der Waals surface area contributed by atoms with Crippen molar-refractivity contribution in [1.29, 1.82) is 0 Å². The van der Waals surface area contributed by atoms with Gasteiger partial charge in [0.15, 0.2) is 11.3 Å². The Labute approximate surface area is 179 Å². The van der Waals surface area contributed by atoms with Crippen molar-refractivity contribution in [3.8, 4) is 17.1 Å². The number of carbonyl (C=O) groups is 1. The van der Waals surface area contributed by atoms with E-state index in [1.165, 1.54) is 16.6 Å². The van der Waals surface area contributed by atoms with E-state index in [1.807, 2.05) is 6.92 Å². The monoisotopic (exact) mass is 427 g/mol. The van der Waals surface area contributed by atoms with Crippen LogP contribution in [0.15, 0.2) is 29.2 Å². The number of rotatable bonds is 9. The summed E-state index contributed by atoms with van der Waals surface area (Å²) in [7, 11) is 4.84. The summed E-state index contributed by atoms with van der Waals surface area (Å²) in [5.41, 5.74) is 1.69. The molecular weight excluding hydrogens is 402 g/mol. The quantitative estimate of drug-likeness (QED) is 0.494.